The fraction of sp³-hybridized carbons (Fsp3) is 0.333. The topological polar surface area (TPSA) is 49.9 Å². The Balaban J connectivity index is 1.75. The lowest BCUT2D eigenvalue weighted by Gasteiger charge is -2.24. The van der Waals surface area contributed by atoms with Gasteiger partial charge < -0.3 is 14.5 Å². The molecular weight excluding hydrogens is 385 g/mol. The summed E-state index contributed by atoms with van der Waals surface area (Å²) in [4.78, 5) is 28.3. The molecule has 2 aromatic rings. The van der Waals surface area contributed by atoms with Crippen LogP contribution in [0, 0.1) is 0 Å². The highest BCUT2D eigenvalue weighted by molar-refractivity contribution is 5.97. The van der Waals surface area contributed by atoms with E-state index in [4.69, 9.17) is 4.74 Å². The summed E-state index contributed by atoms with van der Waals surface area (Å²) in [6, 6.07) is 12.0. The van der Waals surface area contributed by atoms with Gasteiger partial charge in [0.15, 0.2) is 0 Å². The predicted molar refractivity (Wildman–Crippen MR) is 100 cm³/mol. The fourth-order valence-electron chi connectivity index (χ4n) is 3.37. The molecular formula is C21H21F3N2O3. The molecule has 3 rings (SSSR count). The van der Waals surface area contributed by atoms with Crippen molar-refractivity contribution < 1.29 is 27.5 Å². The molecule has 2 aromatic carbocycles. The first-order valence-corrected chi connectivity index (χ1v) is 9.16. The summed E-state index contributed by atoms with van der Waals surface area (Å²) in [5.41, 5.74) is -0.324. The third kappa shape index (κ3) is 4.70. The largest absolute Gasteiger partial charge is 0.496 e. The second-order valence-corrected chi connectivity index (χ2v) is 6.71. The number of rotatable bonds is 4. The predicted octanol–water partition coefficient (Wildman–Crippen LogP) is 3.59. The summed E-state index contributed by atoms with van der Waals surface area (Å²) < 4.78 is 44.9. The molecule has 0 aliphatic carbocycles. The minimum Gasteiger partial charge on any atom is -0.496 e. The van der Waals surface area contributed by atoms with E-state index in [2.05, 4.69) is 0 Å². The van der Waals surface area contributed by atoms with E-state index < -0.39 is 11.7 Å². The number of hydrogen-bond donors (Lipinski definition) is 0. The lowest BCUT2D eigenvalue weighted by atomic mass is 10.1. The first-order valence-electron chi connectivity index (χ1n) is 9.16. The number of nitrogens with zero attached hydrogens (tertiary/aromatic N) is 2. The van der Waals surface area contributed by atoms with Gasteiger partial charge in [-0.3, -0.25) is 9.59 Å². The van der Waals surface area contributed by atoms with Gasteiger partial charge in [0.05, 0.1) is 18.2 Å². The lowest BCUT2D eigenvalue weighted by molar-refractivity contribution is -0.139. The van der Waals surface area contributed by atoms with Crippen LogP contribution in [0.5, 0.6) is 5.75 Å². The molecule has 1 aliphatic heterocycles. The molecule has 0 radical (unpaired) electrons. The summed E-state index contributed by atoms with van der Waals surface area (Å²) in [5.74, 6) is -0.117. The fourth-order valence-corrected chi connectivity index (χ4v) is 3.37. The van der Waals surface area contributed by atoms with Crippen LogP contribution < -0.4 is 4.74 Å². The number of carbonyl (C=O) groups excluding carboxylic acids is 2. The summed E-state index contributed by atoms with van der Waals surface area (Å²) in [5, 5.41) is 0. The molecule has 1 heterocycles. The molecule has 29 heavy (non-hydrogen) atoms. The van der Waals surface area contributed by atoms with Crippen LogP contribution in [0.1, 0.15) is 27.9 Å². The summed E-state index contributed by atoms with van der Waals surface area (Å²) >= 11 is 0. The number of amides is 2. The third-order valence-corrected chi connectivity index (χ3v) is 4.90. The molecule has 0 aromatic heterocycles. The smallest absolute Gasteiger partial charge is 0.416 e. The lowest BCUT2D eigenvalue weighted by Crippen LogP contribution is -2.36. The summed E-state index contributed by atoms with van der Waals surface area (Å²) in [7, 11) is 1.47. The Kier molecular flexibility index (Phi) is 6.10. The van der Waals surface area contributed by atoms with Crippen molar-refractivity contribution in [1.82, 2.24) is 9.80 Å². The summed E-state index contributed by atoms with van der Waals surface area (Å²) in [6.45, 7) is 0.445. The molecule has 1 fully saturated rings. The molecule has 0 atom stereocenters. The second-order valence-electron chi connectivity index (χ2n) is 6.71. The van der Waals surface area contributed by atoms with Crippen LogP contribution in [-0.2, 0) is 17.5 Å². The van der Waals surface area contributed by atoms with E-state index in [-0.39, 0.29) is 50.0 Å². The van der Waals surface area contributed by atoms with Crippen molar-refractivity contribution in [1.29, 1.82) is 0 Å². The zero-order valence-corrected chi connectivity index (χ0v) is 15.9. The number of methoxy groups -OCH3 is 1. The van der Waals surface area contributed by atoms with Crippen LogP contribution in [0.3, 0.4) is 0 Å². The van der Waals surface area contributed by atoms with Gasteiger partial charge >= 0.3 is 6.18 Å². The minimum absolute atomic E-state index is 0.0397. The number of alkyl halides is 3. The van der Waals surface area contributed by atoms with Gasteiger partial charge in [-0.15, -0.1) is 0 Å². The van der Waals surface area contributed by atoms with Gasteiger partial charge in [0, 0.05) is 32.6 Å². The van der Waals surface area contributed by atoms with Gasteiger partial charge in [-0.25, -0.2) is 0 Å². The highest BCUT2D eigenvalue weighted by atomic mass is 19.4. The van der Waals surface area contributed by atoms with Crippen LogP contribution in [0.2, 0.25) is 0 Å². The Hall–Kier alpha value is -3.03. The van der Waals surface area contributed by atoms with Gasteiger partial charge in [-0.1, -0.05) is 30.3 Å². The molecule has 2 amide bonds. The summed E-state index contributed by atoms with van der Waals surface area (Å²) in [6.07, 6.45) is -4.44. The highest BCUT2D eigenvalue weighted by Crippen LogP contribution is 2.32. The van der Waals surface area contributed by atoms with Gasteiger partial charge in [0.1, 0.15) is 5.75 Å². The molecule has 8 heteroatoms. The second kappa shape index (κ2) is 8.55. The maximum absolute atomic E-state index is 13.2. The average molecular weight is 406 g/mol. The maximum Gasteiger partial charge on any atom is 0.416 e. The van der Waals surface area contributed by atoms with Crippen molar-refractivity contribution in [2.75, 3.05) is 26.7 Å². The molecule has 5 nitrogen and oxygen atoms in total. The van der Waals surface area contributed by atoms with Gasteiger partial charge in [0.25, 0.3) is 5.91 Å². The van der Waals surface area contributed by atoms with E-state index in [0.717, 1.165) is 6.07 Å². The van der Waals surface area contributed by atoms with Crippen molar-refractivity contribution in [2.45, 2.75) is 19.1 Å². The van der Waals surface area contributed by atoms with Crippen LogP contribution in [0.4, 0.5) is 13.2 Å². The average Bonchev–Trinajstić information content (AvgIpc) is 2.89. The third-order valence-electron chi connectivity index (χ3n) is 4.90. The number of para-hydroxylation sites is 1. The number of ether oxygens (including phenoxy) is 1. The zero-order chi connectivity index (χ0) is 21.0. The van der Waals surface area contributed by atoms with E-state index in [9.17, 15) is 22.8 Å². The van der Waals surface area contributed by atoms with Gasteiger partial charge in [0.2, 0.25) is 5.91 Å². The standard InChI is InChI=1S/C21H21F3N2O3/c1-29-18-9-5-3-7-16(18)20(28)25-11-10-19(27)26(13-12-25)14-15-6-2-4-8-17(15)21(22,23)24/h2-9H,10-14H2,1H3. The normalized spacial score (nSPS) is 15.2. The molecule has 1 saturated heterocycles. The van der Waals surface area contributed by atoms with E-state index in [1.165, 1.54) is 35.1 Å². The van der Waals surface area contributed by atoms with E-state index in [1.807, 2.05) is 0 Å². The number of benzene rings is 2. The van der Waals surface area contributed by atoms with Gasteiger partial charge in [-0.05, 0) is 23.8 Å². The van der Waals surface area contributed by atoms with Crippen molar-refractivity contribution >= 4 is 11.8 Å². The number of carbonyl (C=O) groups is 2. The molecule has 0 unspecified atom stereocenters. The Labute approximate surface area is 166 Å². The van der Waals surface area contributed by atoms with Gasteiger partial charge in [-0.2, -0.15) is 13.2 Å². The van der Waals surface area contributed by atoms with Crippen molar-refractivity contribution in [3.8, 4) is 5.75 Å². The molecule has 0 spiro atoms. The SMILES string of the molecule is COc1ccccc1C(=O)N1CCC(=O)N(Cc2ccccc2C(F)(F)F)CC1. The first kappa shape index (κ1) is 20.7. The molecule has 154 valence electrons. The highest BCUT2D eigenvalue weighted by Gasteiger charge is 2.34. The van der Waals surface area contributed by atoms with E-state index in [0.29, 0.717) is 11.3 Å². The molecule has 0 bridgehead atoms. The van der Waals surface area contributed by atoms with Crippen molar-refractivity contribution in [3.63, 3.8) is 0 Å². The Morgan fingerprint density at radius 2 is 1.72 bits per heavy atom. The van der Waals surface area contributed by atoms with Crippen molar-refractivity contribution in [2.24, 2.45) is 0 Å². The Morgan fingerprint density at radius 3 is 2.45 bits per heavy atom. The number of hydrogen-bond acceptors (Lipinski definition) is 3. The maximum atomic E-state index is 13.2. The van der Waals surface area contributed by atoms with E-state index >= 15 is 0 Å². The van der Waals surface area contributed by atoms with Crippen LogP contribution in [0.25, 0.3) is 0 Å². The minimum atomic E-state index is -4.49. The quantitative estimate of drug-likeness (QED) is 0.780. The van der Waals surface area contributed by atoms with Crippen LogP contribution in [-0.4, -0.2) is 48.4 Å². The van der Waals surface area contributed by atoms with E-state index in [1.54, 1.807) is 24.3 Å². The Bertz CT molecular complexity index is 899. The first-order chi connectivity index (χ1) is 13.8. The molecule has 0 saturated carbocycles. The number of halogens is 3. The molecule has 0 N–H and O–H groups in total. The Morgan fingerprint density at radius 1 is 1.03 bits per heavy atom. The zero-order valence-electron chi connectivity index (χ0n) is 15.9. The van der Waals surface area contributed by atoms with Crippen molar-refractivity contribution in [3.05, 3.63) is 65.2 Å². The van der Waals surface area contributed by atoms with Crippen LogP contribution in [0.15, 0.2) is 48.5 Å². The van der Waals surface area contributed by atoms with Crippen LogP contribution >= 0.6 is 0 Å². The monoisotopic (exact) mass is 406 g/mol. The molecule has 1 aliphatic rings.